The number of amides is 2. The van der Waals surface area contributed by atoms with Crippen molar-refractivity contribution < 1.29 is 14.3 Å². The van der Waals surface area contributed by atoms with Gasteiger partial charge in [-0.25, -0.2) is 0 Å². The number of rotatable bonds is 2. The molecule has 0 aliphatic carbocycles. The Balaban J connectivity index is 1.79. The zero-order valence-corrected chi connectivity index (χ0v) is 13.9. The average Bonchev–Trinajstić information content (AvgIpc) is 3.14. The van der Waals surface area contributed by atoms with Gasteiger partial charge in [-0.1, -0.05) is 24.3 Å². The number of fused-ring (bicyclic) bond motifs is 1. The molecule has 2 aliphatic heterocycles. The summed E-state index contributed by atoms with van der Waals surface area (Å²) in [5.74, 6) is -0.00847. The maximum atomic E-state index is 12.4. The Morgan fingerprint density at radius 3 is 2.58 bits per heavy atom. The van der Waals surface area contributed by atoms with E-state index in [0.717, 1.165) is 33.3 Å². The van der Waals surface area contributed by atoms with Crippen molar-refractivity contribution in [1.29, 1.82) is 0 Å². The Bertz CT molecular complexity index is 1110. The number of benzene rings is 2. The van der Waals surface area contributed by atoms with Crippen molar-refractivity contribution in [2.24, 2.45) is 0 Å². The van der Waals surface area contributed by atoms with E-state index in [2.05, 4.69) is 15.6 Å². The van der Waals surface area contributed by atoms with Crippen LogP contribution in [0.3, 0.4) is 0 Å². The summed E-state index contributed by atoms with van der Waals surface area (Å²) in [6.07, 6.45) is 1.79. The molecule has 0 fully saturated rings. The highest BCUT2D eigenvalue weighted by molar-refractivity contribution is 6.37. The lowest BCUT2D eigenvalue weighted by molar-refractivity contribution is -0.123. The van der Waals surface area contributed by atoms with Crippen LogP contribution in [0.1, 0.15) is 22.7 Å². The molecular formula is C20H15N3O3. The van der Waals surface area contributed by atoms with Gasteiger partial charge in [0, 0.05) is 22.7 Å². The highest BCUT2D eigenvalue weighted by atomic mass is 16.5. The minimum Gasteiger partial charge on any atom is -0.497 e. The lowest BCUT2D eigenvalue weighted by Crippen LogP contribution is -2.30. The number of methoxy groups -OCH3 is 1. The molecule has 2 amide bonds. The molecular weight excluding hydrogens is 330 g/mol. The molecule has 2 aliphatic rings. The van der Waals surface area contributed by atoms with Crippen LogP contribution < -0.4 is 15.4 Å². The van der Waals surface area contributed by atoms with Crippen molar-refractivity contribution in [3.63, 3.8) is 0 Å². The summed E-state index contributed by atoms with van der Waals surface area (Å²) in [5.41, 5.74) is 4.37. The Kier molecular flexibility index (Phi) is 2.97. The standard InChI is InChI=1S/C20H15N3O3/c1-26-11-7-5-10(6-8-11)17-12-3-2-4-14-15(12)13(9-21-14)16-18(22-17)20(25)23-19(16)24/h2-9,17,21-22H,1H3,(H,23,24,25). The van der Waals surface area contributed by atoms with Crippen LogP contribution in [-0.4, -0.2) is 23.9 Å². The molecule has 6 nitrogen and oxygen atoms in total. The molecule has 128 valence electrons. The maximum Gasteiger partial charge on any atom is 0.275 e. The molecule has 0 saturated heterocycles. The molecule has 1 atom stereocenters. The number of imide groups is 1. The molecule has 0 spiro atoms. The second-order valence-corrected chi connectivity index (χ2v) is 6.36. The van der Waals surface area contributed by atoms with Gasteiger partial charge in [0.05, 0.1) is 18.7 Å². The Hall–Kier alpha value is -3.54. The van der Waals surface area contributed by atoms with E-state index >= 15 is 0 Å². The van der Waals surface area contributed by atoms with E-state index in [1.54, 1.807) is 13.3 Å². The van der Waals surface area contributed by atoms with Gasteiger partial charge in [-0.05, 0) is 29.3 Å². The maximum absolute atomic E-state index is 12.4. The summed E-state index contributed by atoms with van der Waals surface area (Å²) < 4.78 is 5.24. The summed E-state index contributed by atoms with van der Waals surface area (Å²) in [7, 11) is 1.62. The van der Waals surface area contributed by atoms with Gasteiger partial charge in [-0.3, -0.25) is 14.9 Å². The Morgan fingerprint density at radius 2 is 1.81 bits per heavy atom. The highest BCUT2D eigenvalue weighted by Crippen LogP contribution is 2.40. The zero-order valence-electron chi connectivity index (χ0n) is 13.9. The number of nitrogens with one attached hydrogen (secondary N) is 3. The van der Waals surface area contributed by atoms with Crippen LogP contribution in [0.25, 0.3) is 16.5 Å². The van der Waals surface area contributed by atoms with Gasteiger partial charge in [0.2, 0.25) is 0 Å². The molecule has 5 rings (SSSR count). The van der Waals surface area contributed by atoms with Crippen LogP contribution in [-0.2, 0) is 9.59 Å². The fourth-order valence-electron chi connectivity index (χ4n) is 3.78. The minimum atomic E-state index is -0.398. The van der Waals surface area contributed by atoms with Crippen molar-refractivity contribution in [2.45, 2.75) is 6.04 Å². The molecule has 26 heavy (non-hydrogen) atoms. The van der Waals surface area contributed by atoms with Crippen molar-refractivity contribution in [3.8, 4) is 5.75 Å². The van der Waals surface area contributed by atoms with E-state index in [-0.39, 0.29) is 11.9 Å². The van der Waals surface area contributed by atoms with Gasteiger partial charge in [0.1, 0.15) is 11.4 Å². The van der Waals surface area contributed by atoms with Crippen LogP contribution >= 0.6 is 0 Å². The summed E-state index contributed by atoms with van der Waals surface area (Å²) in [4.78, 5) is 28.0. The highest BCUT2D eigenvalue weighted by Gasteiger charge is 2.37. The number of carbonyl (C=O) groups excluding carboxylic acids is 2. The smallest absolute Gasteiger partial charge is 0.275 e. The summed E-state index contributed by atoms with van der Waals surface area (Å²) in [6, 6.07) is 13.4. The van der Waals surface area contributed by atoms with Crippen molar-refractivity contribution >= 4 is 28.3 Å². The average molecular weight is 345 g/mol. The molecule has 0 radical (unpaired) electrons. The van der Waals surface area contributed by atoms with Gasteiger partial charge >= 0.3 is 0 Å². The molecule has 3 heterocycles. The van der Waals surface area contributed by atoms with Crippen LogP contribution in [0.5, 0.6) is 5.75 Å². The predicted octanol–water partition coefficient (Wildman–Crippen LogP) is 2.24. The quantitative estimate of drug-likeness (QED) is 0.622. The van der Waals surface area contributed by atoms with Crippen LogP contribution in [0.15, 0.2) is 54.4 Å². The zero-order chi connectivity index (χ0) is 17.8. The van der Waals surface area contributed by atoms with Crippen molar-refractivity contribution in [2.75, 3.05) is 7.11 Å². The largest absolute Gasteiger partial charge is 0.497 e. The fourth-order valence-corrected chi connectivity index (χ4v) is 3.78. The topological polar surface area (TPSA) is 83.2 Å². The van der Waals surface area contributed by atoms with E-state index in [9.17, 15) is 9.59 Å². The van der Waals surface area contributed by atoms with Crippen molar-refractivity contribution in [1.82, 2.24) is 15.6 Å². The van der Waals surface area contributed by atoms with E-state index in [4.69, 9.17) is 4.74 Å². The number of ether oxygens (including phenoxy) is 1. The molecule has 6 heteroatoms. The molecule has 2 aromatic carbocycles. The Labute approximate surface area is 148 Å². The SMILES string of the molecule is COc1ccc(C2NC3=C(C(=O)NC3=O)c3c[nH]c4cccc2c34)cc1. The van der Waals surface area contributed by atoms with Gasteiger partial charge in [-0.15, -0.1) is 0 Å². The van der Waals surface area contributed by atoms with Gasteiger partial charge < -0.3 is 15.0 Å². The third-order valence-corrected chi connectivity index (χ3v) is 4.99. The van der Waals surface area contributed by atoms with E-state index < -0.39 is 5.91 Å². The number of aromatic nitrogens is 1. The van der Waals surface area contributed by atoms with E-state index in [1.807, 2.05) is 42.5 Å². The Morgan fingerprint density at radius 1 is 1.00 bits per heavy atom. The molecule has 3 aromatic rings. The number of carbonyl (C=O) groups is 2. The van der Waals surface area contributed by atoms with Crippen LogP contribution in [0, 0.1) is 0 Å². The molecule has 0 bridgehead atoms. The van der Waals surface area contributed by atoms with E-state index in [0.29, 0.717) is 11.3 Å². The summed E-state index contributed by atoms with van der Waals surface area (Å²) >= 11 is 0. The van der Waals surface area contributed by atoms with Crippen LogP contribution in [0.4, 0.5) is 0 Å². The number of hydrogen-bond donors (Lipinski definition) is 3. The summed E-state index contributed by atoms with van der Waals surface area (Å²) in [6.45, 7) is 0. The normalized spacial score (nSPS) is 18.4. The first-order valence-corrected chi connectivity index (χ1v) is 8.28. The van der Waals surface area contributed by atoms with Gasteiger partial charge in [-0.2, -0.15) is 0 Å². The number of hydrogen-bond acceptors (Lipinski definition) is 4. The minimum absolute atomic E-state index is 0.261. The fraction of sp³-hybridized carbons (Fsp3) is 0.100. The predicted molar refractivity (Wildman–Crippen MR) is 96.3 cm³/mol. The third-order valence-electron chi connectivity index (χ3n) is 4.99. The first-order valence-electron chi connectivity index (χ1n) is 8.28. The van der Waals surface area contributed by atoms with Crippen LogP contribution in [0.2, 0.25) is 0 Å². The second kappa shape index (κ2) is 5.23. The second-order valence-electron chi connectivity index (χ2n) is 6.36. The first kappa shape index (κ1) is 14.8. The third kappa shape index (κ3) is 1.92. The lowest BCUT2D eigenvalue weighted by Gasteiger charge is -2.21. The van der Waals surface area contributed by atoms with Gasteiger partial charge in [0.15, 0.2) is 0 Å². The molecule has 0 saturated carbocycles. The summed E-state index contributed by atoms with van der Waals surface area (Å²) in [5, 5.41) is 6.64. The number of aromatic amines is 1. The van der Waals surface area contributed by atoms with Crippen molar-refractivity contribution in [3.05, 3.63) is 71.0 Å². The lowest BCUT2D eigenvalue weighted by atomic mass is 9.94. The first-order chi connectivity index (χ1) is 12.7. The van der Waals surface area contributed by atoms with E-state index in [1.165, 1.54) is 0 Å². The monoisotopic (exact) mass is 345 g/mol. The molecule has 1 unspecified atom stereocenters. The molecule has 1 aromatic heterocycles. The molecule has 3 N–H and O–H groups in total. The van der Waals surface area contributed by atoms with Gasteiger partial charge in [0.25, 0.3) is 11.8 Å². The number of H-pyrrole nitrogens is 1.